The number of carbonyl (C=O) groups excluding carboxylic acids is 1. The summed E-state index contributed by atoms with van der Waals surface area (Å²) in [5.41, 5.74) is 5.39. The zero-order valence-corrected chi connectivity index (χ0v) is 15.0. The summed E-state index contributed by atoms with van der Waals surface area (Å²) in [6.45, 7) is 0. The average Bonchev–Trinajstić information content (AvgIpc) is 3.16. The maximum atomic E-state index is 12.6. The van der Waals surface area contributed by atoms with Crippen molar-refractivity contribution in [3.63, 3.8) is 0 Å². The van der Waals surface area contributed by atoms with Crippen molar-refractivity contribution < 1.29 is 9.53 Å². The molecule has 3 heteroatoms. The molecule has 0 bridgehead atoms. The molecule has 3 aromatic carbocycles. The minimum absolute atomic E-state index is 0.347. The zero-order valence-electron chi connectivity index (χ0n) is 15.0. The highest BCUT2D eigenvalue weighted by Gasteiger charge is 2.24. The Morgan fingerprint density at radius 3 is 1.81 bits per heavy atom. The molecule has 0 amide bonds. The third-order valence-corrected chi connectivity index (χ3v) is 4.55. The van der Waals surface area contributed by atoms with Crippen molar-refractivity contribution in [1.82, 2.24) is 4.57 Å². The molecular weight excluding hydrogens is 334 g/mol. The van der Waals surface area contributed by atoms with Crippen LogP contribution in [0.1, 0.15) is 10.4 Å². The highest BCUT2D eigenvalue weighted by atomic mass is 16.5. The molecule has 0 spiro atoms. The van der Waals surface area contributed by atoms with E-state index in [4.69, 9.17) is 4.74 Å². The minimum atomic E-state index is -0.347. The third kappa shape index (κ3) is 3.15. The molecule has 0 saturated heterocycles. The number of hydrogen-bond acceptors (Lipinski definition) is 2. The van der Waals surface area contributed by atoms with Gasteiger partial charge in [-0.05, 0) is 23.3 Å². The average molecular weight is 353 g/mol. The van der Waals surface area contributed by atoms with Crippen molar-refractivity contribution in [3.05, 3.63) is 103 Å². The van der Waals surface area contributed by atoms with Gasteiger partial charge in [0.1, 0.15) is 0 Å². The van der Waals surface area contributed by atoms with Gasteiger partial charge in [0.15, 0.2) is 0 Å². The Labute approximate surface area is 158 Å². The van der Waals surface area contributed by atoms with Gasteiger partial charge < -0.3 is 9.30 Å². The first-order valence-corrected chi connectivity index (χ1v) is 8.79. The minimum Gasteiger partial charge on any atom is -0.465 e. The van der Waals surface area contributed by atoms with Crippen LogP contribution in [-0.2, 0) is 4.74 Å². The molecule has 0 radical (unpaired) electrons. The van der Waals surface area contributed by atoms with E-state index in [2.05, 4.69) is 16.7 Å². The Balaban J connectivity index is 2.09. The van der Waals surface area contributed by atoms with Crippen molar-refractivity contribution >= 4 is 5.97 Å². The predicted octanol–water partition coefficient (Wildman–Crippen LogP) is 5.60. The Morgan fingerprint density at radius 2 is 1.26 bits per heavy atom. The Bertz CT molecular complexity index is 1050. The lowest BCUT2D eigenvalue weighted by molar-refractivity contribution is 0.0601. The van der Waals surface area contributed by atoms with Gasteiger partial charge in [0.05, 0.1) is 18.4 Å². The fourth-order valence-corrected chi connectivity index (χ4v) is 3.34. The van der Waals surface area contributed by atoms with Gasteiger partial charge in [-0.25, -0.2) is 4.79 Å². The van der Waals surface area contributed by atoms with E-state index in [1.807, 2.05) is 85.1 Å². The molecule has 0 aliphatic heterocycles. The number of hydrogen-bond donors (Lipinski definition) is 0. The van der Waals surface area contributed by atoms with Crippen LogP contribution in [0.3, 0.4) is 0 Å². The van der Waals surface area contributed by atoms with Gasteiger partial charge in [0.25, 0.3) is 0 Å². The zero-order chi connectivity index (χ0) is 18.6. The summed E-state index contributed by atoms with van der Waals surface area (Å²) in [4.78, 5) is 12.6. The first-order chi connectivity index (χ1) is 13.3. The van der Waals surface area contributed by atoms with Gasteiger partial charge in [-0.1, -0.05) is 78.9 Å². The number of nitrogens with zero attached hydrogens (tertiary/aromatic N) is 1. The molecule has 0 unspecified atom stereocenters. The van der Waals surface area contributed by atoms with E-state index in [0.717, 1.165) is 28.1 Å². The SMILES string of the molecule is COC(=O)c1cn(-c2ccccc2)c(-c2ccccc2)c1-c1ccccc1. The highest BCUT2D eigenvalue weighted by molar-refractivity contribution is 6.02. The van der Waals surface area contributed by atoms with Gasteiger partial charge in [-0.3, -0.25) is 0 Å². The molecule has 27 heavy (non-hydrogen) atoms. The van der Waals surface area contributed by atoms with Crippen LogP contribution in [0.4, 0.5) is 0 Å². The van der Waals surface area contributed by atoms with E-state index in [0.29, 0.717) is 5.56 Å². The molecule has 0 aliphatic rings. The summed E-state index contributed by atoms with van der Waals surface area (Å²) in [7, 11) is 1.42. The van der Waals surface area contributed by atoms with Crippen LogP contribution in [0.25, 0.3) is 28.1 Å². The molecule has 1 heterocycles. The van der Waals surface area contributed by atoms with Gasteiger partial charge >= 0.3 is 5.97 Å². The summed E-state index contributed by atoms with van der Waals surface area (Å²) in [5.74, 6) is -0.347. The predicted molar refractivity (Wildman–Crippen MR) is 108 cm³/mol. The molecule has 0 atom stereocenters. The van der Waals surface area contributed by atoms with Crippen LogP contribution in [0, 0.1) is 0 Å². The first kappa shape index (κ1) is 16.9. The first-order valence-electron chi connectivity index (χ1n) is 8.79. The van der Waals surface area contributed by atoms with Crippen LogP contribution >= 0.6 is 0 Å². The third-order valence-electron chi connectivity index (χ3n) is 4.55. The lowest BCUT2D eigenvalue weighted by Gasteiger charge is -2.12. The summed E-state index contributed by atoms with van der Waals surface area (Å²) in [6.07, 6.45) is 1.87. The standard InChI is InChI=1S/C24H19NO2/c1-27-24(26)21-17-25(20-15-9-4-10-16-20)23(19-13-7-3-8-14-19)22(21)18-11-5-2-6-12-18/h2-17H,1H3. The largest absolute Gasteiger partial charge is 0.465 e. The van der Waals surface area contributed by atoms with E-state index in [1.165, 1.54) is 7.11 Å². The van der Waals surface area contributed by atoms with E-state index in [9.17, 15) is 4.79 Å². The van der Waals surface area contributed by atoms with E-state index in [1.54, 1.807) is 0 Å². The molecule has 0 N–H and O–H groups in total. The van der Waals surface area contributed by atoms with Gasteiger partial charge in [0.2, 0.25) is 0 Å². The van der Waals surface area contributed by atoms with Crippen LogP contribution in [0.2, 0.25) is 0 Å². The second kappa shape index (κ2) is 7.34. The summed E-state index contributed by atoms with van der Waals surface area (Å²) in [6, 6.07) is 30.1. The number of ether oxygens (including phenoxy) is 1. The fraction of sp³-hybridized carbons (Fsp3) is 0.0417. The number of methoxy groups -OCH3 is 1. The van der Waals surface area contributed by atoms with Gasteiger partial charge in [-0.15, -0.1) is 0 Å². The molecule has 0 aliphatic carbocycles. The van der Waals surface area contributed by atoms with Crippen molar-refractivity contribution in [3.8, 4) is 28.1 Å². The topological polar surface area (TPSA) is 31.2 Å². The second-order valence-corrected chi connectivity index (χ2v) is 6.20. The van der Waals surface area contributed by atoms with Crippen LogP contribution in [0.5, 0.6) is 0 Å². The number of rotatable bonds is 4. The quantitative estimate of drug-likeness (QED) is 0.447. The maximum Gasteiger partial charge on any atom is 0.340 e. The van der Waals surface area contributed by atoms with E-state index < -0.39 is 0 Å². The summed E-state index contributed by atoms with van der Waals surface area (Å²) >= 11 is 0. The number of benzene rings is 3. The van der Waals surface area contributed by atoms with Crippen molar-refractivity contribution in [2.24, 2.45) is 0 Å². The fourth-order valence-electron chi connectivity index (χ4n) is 3.34. The maximum absolute atomic E-state index is 12.6. The number of para-hydroxylation sites is 1. The lowest BCUT2D eigenvalue weighted by atomic mass is 9.97. The van der Waals surface area contributed by atoms with Crippen molar-refractivity contribution in [2.45, 2.75) is 0 Å². The number of aromatic nitrogens is 1. The summed E-state index contributed by atoms with van der Waals surface area (Å²) in [5, 5.41) is 0. The molecule has 0 saturated carbocycles. The highest BCUT2D eigenvalue weighted by Crippen LogP contribution is 2.38. The van der Waals surface area contributed by atoms with E-state index in [-0.39, 0.29) is 5.97 Å². The number of esters is 1. The number of carbonyl (C=O) groups is 1. The molecule has 0 fully saturated rings. The summed E-state index contributed by atoms with van der Waals surface area (Å²) < 4.78 is 7.15. The second-order valence-electron chi connectivity index (χ2n) is 6.20. The molecule has 4 aromatic rings. The van der Waals surface area contributed by atoms with Crippen LogP contribution in [-0.4, -0.2) is 17.6 Å². The Hall–Kier alpha value is -3.59. The molecule has 3 nitrogen and oxygen atoms in total. The lowest BCUT2D eigenvalue weighted by Crippen LogP contribution is -2.01. The van der Waals surface area contributed by atoms with Gasteiger partial charge in [-0.2, -0.15) is 0 Å². The Kier molecular flexibility index (Phi) is 4.58. The van der Waals surface area contributed by atoms with Crippen molar-refractivity contribution in [1.29, 1.82) is 0 Å². The normalized spacial score (nSPS) is 10.6. The smallest absolute Gasteiger partial charge is 0.340 e. The molecule has 4 rings (SSSR count). The molecular formula is C24H19NO2. The molecule has 1 aromatic heterocycles. The van der Waals surface area contributed by atoms with Gasteiger partial charge in [0, 0.05) is 17.4 Å². The monoisotopic (exact) mass is 353 g/mol. The van der Waals surface area contributed by atoms with Crippen LogP contribution in [0.15, 0.2) is 97.2 Å². The van der Waals surface area contributed by atoms with E-state index >= 15 is 0 Å². The molecule has 132 valence electrons. The van der Waals surface area contributed by atoms with Crippen LogP contribution < -0.4 is 0 Å². The van der Waals surface area contributed by atoms with Crippen molar-refractivity contribution in [2.75, 3.05) is 7.11 Å². The Morgan fingerprint density at radius 1 is 0.741 bits per heavy atom.